The summed E-state index contributed by atoms with van der Waals surface area (Å²) < 4.78 is 39.8. The van der Waals surface area contributed by atoms with Crippen LogP contribution in [0.1, 0.15) is 23.2 Å². The lowest BCUT2D eigenvalue weighted by molar-refractivity contribution is -0.121. The number of anilines is 1. The van der Waals surface area contributed by atoms with Crippen LogP contribution in [0.15, 0.2) is 36.4 Å². The number of likely N-dealkylation sites (tertiary alicyclic amines) is 1. The predicted octanol–water partition coefficient (Wildman–Crippen LogP) is 4.25. The molecule has 2 aromatic carbocycles. The molecule has 2 aromatic rings. The minimum absolute atomic E-state index is 0.0998. The van der Waals surface area contributed by atoms with E-state index in [2.05, 4.69) is 5.32 Å². The van der Waals surface area contributed by atoms with Gasteiger partial charge in [-0.2, -0.15) is 0 Å². The second-order valence-corrected chi connectivity index (χ2v) is 6.71. The first-order chi connectivity index (χ1) is 12.8. The molecule has 0 aromatic heterocycles. The number of hydrogen-bond acceptors (Lipinski definition) is 2. The Bertz CT molecular complexity index is 883. The molecule has 0 unspecified atom stereocenters. The summed E-state index contributed by atoms with van der Waals surface area (Å²) in [6, 6.07) is 6.49. The van der Waals surface area contributed by atoms with E-state index in [9.17, 15) is 22.8 Å². The first-order valence-corrected chi connectivity index (χ1v) is 8.73. The highest BCUT2D eigenvalue weighted by Gasteiger charge is 2.29. The number of rotatable bonds is 3. The average Bonchev–Trinajstić information content (AvgIpc) is 2.63. The van der Waals surface area contributed by atoms with Gasteiger partial charge in [0.15, 0.2) is 0 Å². The zero-order valence-corrected chi connectivity index (χ0v) is 14.9. The van der Waals surface area contributed by atoms with Crippen LogP contribution in [-0.4, -0.2) is 29.8 Å². The molecule has 2 amide bonds. The Hall–Kier alpha value is -2.54. The summed E-state index contributed by atoms with van der Waals surface area (Å²) in [5, 5.41) is 2.76. The average molecular weight is 397 g/mol. The normalized spacial score (nSPS) is 14.9. The van der Waals surface area contributed by atoms with Gasteiger partial charge in [-0.3, -0.25) is 9.59 Å². The molecule has 1 heterocycles. The van der Waals surface area contributed by atoms with Crippen molar-refractivity contribution in [2.75, 3.05) is 18.4 Å². The van der Waals surface area contributed by atoms with Crippen LogP contribution in [-0.2, 0) is 4.79 Å². The third-order valence-corrected chi connectivity index (χ3v) is 4.82. The molecular formula is C19H16ClF3N2O2. The van der Waals surface area contributed by atoms with Crippen LogP contribution in [0.25, 0.3) is 0 Å². The number of benzene rings is 2. The summed E-state index contributed by atoms with van der Waals surface area (Å²) >= 11 is 5.90. The number of piperidine rings is 1. The van der Waals surface area contributed by atoms with Crippen LogP contribution in [0.3, 0.4) is 0 Å². The lowest BCUT2D eigenvalue weighted by atomic mass is 9.95. The maximum absolute atomic E-state index is 13.8. The van der Waals surface area contributed by atoms with E-state index in [1.165, 1.54) is 17.0 Å². The van der Waals surface area contributed by atoms with Crippen LogP contribution in [0, 0.1) is 23.4 Å². The van der Waals surface area contributed by atoms with Crippen molar-refractivity contribution in [1.29, 1.82) is 0 Å². The van der Waals surface area contributed by atoms with Gasteiger partial charge in [0.2, 0.25) is 5.91 Å². The van der Waals surface area contributed by atoms with Gasteiger partial charge in [-0.15, -0.1) is 0 Å². The van der Waals surface area contributed by atoms with Crippen molar-refractivity contribution >= 4 is 29.1 Å². The smallest absolute Gasteiger partial charge is 0.256 e. The molecule has 27 heavy (non-hydrogen) atoms. The molecule has 3 rings (SSSR count). The molecule has 142 valence electrons. The molecule has 0 saturated carbocycles. The second-order valence-electron chi connectivity index (χ2n) is 6.30. The fraction of sp³-hybridized carbons (Fsp3) is 0.263. The molecule has 1 aliphatic rings. The van der Waals surface area contributed by atoms with Gasteiger partial charge in [0.05, 0.1) is 16.3 Å². The zero-order chi connectivity index (χ0) is 19.6. The Morgan fingerprint density at radius 2 is 1.63 bits per heavy atom. The summed E-state index contributed by atoms with van der Waals surface area (Å²) in [5.41, 5.74) is 0.118. The van der Waals surface area contributed by atoms with Gasteiger partial charge < -0.3 is 10.2 Å². The van der Waals surface area contributed by atoms with E-state index in [1.54, 1.807) is 0 Å². The molecule has 0 radical (unpaired) electrons. The van der Waals surface area contributed by atoms with Gasteiger partial charge >= 0.3 is 0 Å². The minimum atomic E-state index is -0.911. The summed E-state index contributed by atoms with van der Waals surface area (Å²) in [6.45, 7) is 0.537. The topological polar surface area (TPSA) is 49.4 Å². The first kappa shape index (κ1) is 19.2. The number of hydrogen-bond donors (Lipinski definition) is 1. The van der Waals surface area contributed by atoms with Crippen molar-refractivity contribution in [2.45, 2.75) is 12.8 Å². The van der Waals surface area contributed by atoms with Gasteiger partial charge in [0.25, 0.3) is 5.91 Å². The van der Waals surface area contributed by atoms with Crippen molar-refractivity contribution in [3.8, 4) is 0 Å². The Morgan fingerprint density at radius 1 is 1.00 bits per heavy atom. The van der Waals surface area contributed by atoms with E-state index in [0.29, 0.717) is 24.6 Å². The van der Waals surface area contributed by atoms with Crippen LogP contribution in [0.5, 0.6) is 0 Å². The zero-order valence-electron chi connectivity index (χ0n) is 14.1. The summed E-state index contributed by atoms with van der Waals surface area (Å²) in [6.07, 6.45) is 0.776. The first-order valence-electron chi connectivity index (χ1n) is 8.35. The molecule has 8 heteroatoms. The molecule has 4 nitrogen and oxygen atoms in total. The molecule has 0 aliphatic carbocycles. The minimum Gasteiger partial charge on any atom is -0.339 e. The predicted molar refractivity (Wildman–Crippen MR) is 95.0 cm³/mol. The monoisotopic (exact) mass is 396 g/mol. The third-order valence-electron chi connectivity index (χ3n) is 4.50. The molecule has 1 N–H and O–H groups in total. The lowest BCUT2D eigenvalue weighted by Crippen LogP contribution is -2.41. The van der Waals surface area contributed by atoms with Crippen molar-refractivity contribution in [3.05, 3.63) is 64.4 Å². The number of carbonyl (C=O) groups excluding carboxylic acids is 2. The van der Waals surface area contributed by atoms with Gasteiger partial charge in [-0.25, -0.2) is 13.2 Å². The number of halogens is 4. The highest BCUT2D eigenvalue weighted by Crippen LogP contribution is 2.26. The Morgan fingerprint density at radius 3 is 2.26 bits per heavy atom. The van der Waals surface area contributed by atoms with Crippen molar-refractivity contribution < 1.29 is 22.8 Å². The van der Waals surface area contributed by atoms with E-state index in [1.807, 2.05) is 0 Å². The summed E-state index contributed by atoms with van der Waals surface area (Å²) in [5.74, 6) is -3.33. The summed E-state index contributed by atoms with van der Waals surface area (Å²) in [4.78, 5) is 26.2. The third kappa shape index (κ3) is 4.42. The highest BCUT2D eigenvalue weighted by molar-refractivity contribution is 6.33. The molecular weight excluding hydrogens is 381 g/mol. The quantitative estimate of drug-likeness (QED) is 0.843. The van der Waals surface area contributed by atoms with Crippen molar-refractivity contribution in [2.24, 2.45) is 5.92 Å². The number of nitrogens with one attached hydrogen (secondary N) is 1. The van der Waals surface area contributed by atoms with Crippen molar-refractivity contribution in [3.63, 3.8) is 0 Å². The Labute approximate surface area is 158 Å². The maximum atomic E-state index is 13.8. The molecule has 1 fully saturated rings. The van der Waals surface area contributed by atoms with Crippen LogP contribution < -0.4 is 5.32 Å². The standard InChI is InChI=1S/C19H16ClF3N2O2/c20-15-9-12(21)2-4-17(15)24-18(26)11-5-7-25(8-6-11)19(27)14-3-1-13(22)10-16(14)23/h1-4,9-11H,5-8H2,(H,24,26). The maximum Gasteiger partial charge on any atom is 0.256 e. The van der Waals surface area contributed by atoms with Crippen molar-refractivity contribution in [1.82, 2.24) is 4.90 Å². The summed E-state index contributed by atoms with van der Waals surface area (Å²) in [7, 11) is 0. The van der Waals surface area contributed by atoms with Gasteiger partial charge in [-0.1, -0.05) is 11.6 Å². The molecule has 1 aliphatic heterocycles. The van der Waals surface area contributed by atoms with E-state index in [0.717, 1.165) is 18.2 Å². The van der Waals surface area contributed by atoms with E-state index in [4.69, 9.17) is 11.6 Å². The number of carbonyl (C=O) groups is 2. The molecule has 0 bridgehead atoms. The molecule has 1 saturated heterocycles. The van der Waals surface area contributed by atoms with Gasteiger partial charge in [0, 0.05) is 25.1 Å². The number of amides is 2. The Kier molecular flexibility index (Phi) is 5.70. The fourth-order valence-corrected chi connectivity index (χ4v) is 3.22. The van der Waals surface area contributed by atoms with E-state index >= 15 is 0 Å². The van der Waals surface area contributed by atoms with Gasteiger partial charge in [0.1, 0.15) is 17.5 Å². The number of nitrogens with zero attached hydrogens (tertiary/aromatic N) is 1. The van der Waals surface area contributed by atoms with Crippen LogP contribution >= 0.6 is 11.6 Å². The largest absolute Gasteiger partial charge is 0.339 e. The van der Waals surface area contributed by atoms with Crippen LogP contribution in [0.2, 0.25) is 5.02 Å². The van der Waals surface area contributed by atoms with Gasteiger partial charge in [-0.05, 0) is 43.2 Å². The lowest BCUT2D eigenvalue weighted by Gasteiger charge is -2.31. The van der Waals surface area contributed by atoms with E-state index in [-0.39, 0.29) is 35.5 Å². The SMILES string of the molecule is O=C(Nc1ccc(F)cc1Cl)C1CCN(C(=O)c2ccc(F)cc2F)CC1. The second kappa shape index (κ2) is 8.00. The van der Waals surface area contributed by atoms with Crippen LogP contribution in [0.4, 0.5) is 18.9 Å². The Balaban J connectivity index is 1.59. The fourth-order valence-electron chi connectivity index (χ4n) is 3.00. The molecule has 0 atom stereocenters. The highest BCUT2D eigenvalue weighted by atomic mass is 35.5. The molecule has 0 spiro atoms. The van der Waals surface area contributed by atoms with E-state index < -0.39 is 23.4 Å².